The van der Waals surface area contributed by atoms with Crippen LogP contribution in [-0.4, -0.2) is 40.5 Å². The van der Waals surface area contributed by atoms with E-state index in [1.807, 2.05) is 13.8 Å². The number of carbonyl (C=O) groups excluding carboxylic acids is 1. The Hall–Kier alpha value is -1.69. The topological polar surface area (TPSA) is 84.3 Å². The maximum atomic E-state index is 11.1. The predicted octanol–water partition coefficient (Wildman–Crippen LogP) is 0.446. The molecular formula is C10H15N3O3. The van der Waals surface area contributed by atoms with Crippen LogP contribution in [0.5, 0.6) is 0 Å². The summed E-state index contributed by atoms with van der Waals surface area (Å²) in [5.41, 5.74) is -0.337. The van der Waals surface area contributed by atoms with Crippen molar-refractivity contribution in [3.63, 3.8) is 0 Å². The Labute approximate surface area is 93.6 Å². The molecule has 1 aromatic rings. The van der Waals surface area contributed by atoms with Gasteiger partial charge in [0.1, 0.15) is 5.82 Å². The van der Waals surface area contributed by atoms with Crippen LogP contribution in [0.3, 0.4) is 0 Å². The zero-order chi connectivity index (χ0) is 12.2. The zero-order valence-corrected chi connectivity index (χ0v) is 9.52. The quantitative estimate of drug-likeness (QED) is 0.723. The summed E-state index contributed by atoms with van der Waals surface area (Å²) in [5, 5.41) is 19.5. The fourth-order valence-corrected chi connectivity index (χ4v) is 0.999. The number of methoxy groups -OCH3 is 1. The Morgan fingerprint density at radius 2 is 2.19 bits per heavy atom. The van der Waals surface area contributed by atoms with Crippen molar-refractivity contribution in [2.24, 2.45) is 0 Å². The first-order valence-electron chi connectivity index (χ1n) is 4.79. The van der Waals surface area contributed by atoms with Crippen LogP contribution >= 0.6 is 0 Å². The first-order chi connectivity index (χ1) is 7.48. The number of hydrogen-bond donors (Lipinski definition) is 2. The molecule has 0 atom stereocenters. The summed E-state index contributed by atoms with van der Waals surface area (Å²) in [6, 6.07) is 3.12. The van der Waals surface area contributed by atoms with Gasteiger partial charge in [0.15, 0.2) is 5.69 Å². The van der Waals surface area contributed by atoms with Crippen LogP contribution in [0.25, 0.3) is 0 Å². The molecule has 2 N–H and O–H groups in total. The fourth-order valence-electron chi connectivity index (χ4n) is 0.999. The maximum absolute atomic E-state index is 11.1. The fraction of sp³-hybridized carbons (Fsp3) is 0.500. The third-order valence-corrected chi connectivity index (χ3v) is 1.92. The van der Waals surface area contributed by atoms with Gasteiger partial charge in [-0.15, -0.1) is 10.2 Å². The molecule has 0 spiro atoms. The van der Waals surface area contributed by atoms with Gasteiger partial charge in [0.2, 0.25) is 0 Å². The van der Waals surface area contributed by atoms with Crippen LogP contribution < -0.4 is 5.32 Å². The molecule has 0 unspecified atom stereocenters. The summed E-state index contributed by atoms with van der Waals surface area (Å²) in [7, 11) is 1.28. The van der Waals surface area contributed by atoms with Crippen molar-refractivity contribution in [2.75, 3.05) is 19.0 Å². The van der Waals surface area contributed by atoms with Crippen LogP contribution in [0.2, 0.25) is 0 Å². The highest BCUT2D eigenvalue weighted by Crippen LogP contribution is 2.11. The van der Waals surface area contributed by atoms with E-state index in [0.717, 1.165) is 0 Å². The smallest absolute Gasteiger partial charge is 0.358 e. The summed E-state index contributed by atoms with van der Waals surface area (Å²) in [4.78, 5) is 11.1. The molecule has 1 aromatic heterocycles. The van der Waals surface area contributed by atoms with Crippen molar-refractivity contribution in [3.8, 4) is 0 Å². The minimum absolute atomic E-state index is 0.0343. The molecule has 0 aromatic carbocycles. The van der Waals surface area contributed by atoms with E-state index < -0.39 is 11.5 Å². The van der Waals surface area contributed by atoms with Crippen LogP contribution in [0, 0.1) is 0 Å². The minimum Gasteiger partial charge on any atom is -0.464 e. The van der Waals surface area contributed by atoms with Gasteiger partial charge in [-0.3, -0.25) is 0 Å². The number of anilines is 1. The lowest BCUT2D eigenvalue weighted by Gasteiger charge is -2.23. The van der Waals surface area contributed by atoms with E-state index in [2.05, 4.69) is 20.3 Å². The molecule has 88 valence electrons. The first kappa shape index (κ1) is 12.4. The van der Waals surface area contributed by atoms with Crippen LogP contribution in [0.15, 0.2) is 12.1 Å². The molecule has 0 saturated heterocycles. The summed E-state index contributed by atoms with van der Waals surface area (Å²) >= 11 is 0. The van der Waals surface area contributed by atoms with E-state index in [4.69, 9.17) is 5.11 Å². The van der Waals surface area contributed by atoms with Gasteiger partial charge in [0.25, 0.3) is 0 Å². The number of ether oxygens (including phenoxy) is 1. The molecule has 0 amide bonds. The van der Waals surface area contributed by atoms with E-state index in [9.17, 15) is 4.79 Å². The summed E-state index contributed by atoms with van der Waals surface area (Å²) in [6.45, 7) is 3.61. The van der Waals surface area contributed by atoms with Crippen molar-refractivity contribution >= 4 is 11.8 Å². The highest BCUT2D eigenvalue weighted by Gasteiger charge is 2.17. The number of aliphatic hydroxyl groups excluding tert-OH is 1. The van der Waals surface area contributed by atoms with Gasteiger partial charge < -0.3 is 15.2 Å². The third kappa shape index (κ3) is 3.16. The van der Waals surface area contributed by atoms with Crippen molar-refractivity contribution in [1.29, 1.82) is 0 Å². The van der Waals surface area contributed by atoms with Crippen molar-refractivity contribution < 1.29 is 14.6 Å². The maximum Gasteiger partial charge on any atom is 0.358 e. The number of hydrogen-bond acceptors (Lipinski definition) is 6. The number of nitrogens with one attached hydrogen (secondary N) is 1. The summed E-state index contributed by atoms with van der Waals surface area (Å²) < 4.78 is 4.50. The Balaban J connectivity index is 2.76. The number of esters is 1. The summed E-state index contributed by atoms with van der Waals surface area (Å²) in [5.74, 6) is -0.0350. The molecule has 0 aliphatic rings. The van der Waals surface area contributed by atoms with Gasteiger partial charge in [-0.1, -0.05) is 0 Å². The summed E-state index contributed by atoms with van der Waals surface area (Å²) in [6.07, 6.45) is 0. The van der Waals surface area contributed by atoms with E-state index >= 15 is 0 Å². The number of nitrogens with zero attached hydrogens (tertiary/aromatic N) is 2. The van der Waals surface area contributed by atoms with Gasteiger partial charge >= 0.3 is 5.97 Å². The van der Waals surface area contributed by atoms with Gasteiger partial charge in [0.05, 0.1) is 19.3 Å². The molecule has 0 aliphatic carbocycles. The van der Waals surface area contributed by atoms with Gasteiger partial charge in [0, 0.05) is 0 Å². The second-order valence-corrected chi connectivity index (χ2v) is 3.96. The highest BCUT2D eigenvalue weighted by atomic mass is 16.5. The number of aromatic nitrogens is 2. The molecule has 0 saturated carbocycles. The number of rotatable bonds is 4. The van der Waals surface area contributed by atoms with Crippen LogP contribution in [-0.2, 0) is 4.74 Å². The predicted molar refractivity (Wildman–Crippen MR) is 58.2 cm³/mol. The van der Waals surface area contributed by atoms with E-state index in [1.54, 1.807) is 6.07 Å². The molecule has 6 nitrogen and oxygen atoms in total. The minimum atomic E-state index is -0.527. The largest absolute Gasteiger partial charge is 0.464 e. The monoisotopic (exact) mass is 225 g/mol. The van der Waals surface area contributed by atoms with Gasteiger partial charge in [-0.05, 0) is 26.0 Å². The molecule has 0 aliphatic heterocycles. The van der Waals surface area contributed by atoms with E-state index in [-0.39, 0.29) is 12.3 Å². The average Bonchev–Trinajstić information content (AvgIpc) is 2.28. The Morgan fingerprint density at radius 3 is 2.62 bits per heavy atom. The zero-order valence-electron chi connectivity index (χ0n) is 9.52. The normalized spacial score (nSPS) is 11.0. The first-order valence-corrected chi connectivity index (χ1v) is 4.79. The Morgan fingerprint density at radius 1 is 1.50 bits per heavy atom. The lowest BCUT2D eigenvalue weighted by molar-refractivity contribution is 0.0592. The average molecular weight is 225 g/mol. The number of carbonyl (C=O) groups is 1. The van der Waals surface area contributed by atoms with Gasteiger partial charge in [-0.2, -0.15) is 0 Å². The van der Waals surface area contributed by atoms with E-state index in [1.165, 1.54) is 13.2 Å². The SMILES string of the molecule is COC(=O)c1ccc(NC(C)(C)CO)nn1. The standard InChI is InChI=1S/C10H15N3O3/c1-10(2,6-14)11-8-5-4-7(12-13-8)9(15)16-3/h4-5,14H,6H2,1-3H3,(H,11,13). The van der Waals surface area contributed by atoms with Crippen LogP contribution in [0.4, 0.5) is 5.82 Å². The van der Waals surface area contributed by atoms with Crippen molar-refractivity contribution in [2.45, 2.75) is 19.4 Å². The molecule has 1 heterocycles. The van der Waals surface area contributed by atoms with Crippen molar-refractivity contribution in [1.82, 2.24) is 10.2 Å². The molecule has 0 bridgehead atoms. The van der Waals surface area contributed by atoms with Crippen molar-refractivity contribution in [3.05, 3.63) is 17.8 Å². The molecule has 0 radical (unpaired) electrons. The number of aliphatic hydroxyl groups is 1. The molecular weight excluding hydrogens is 210 g/mol. The highest BCUT2D eigenvalue weighted by molar-refractivity contribution is 5.86. The Bertz CT molecular complexity index is 362. The Kier molecular flexibility index (Phi) is 3.78. The van der Waals surface area contributed by atoms with Crippen LogP contribution in [0.1, 0.15) is 24.3 Å². The molecule has 16 heavy (non-hydrogen) atoms. The molecule has 6 heteroatoms. The second kappa shape index (κ2) is 4.89. The molecule has 0 fully saturated rings. The molecule has 1 rings (SSSR count). The van der Waals surface area contributed by atoms with Gasteiger partial charge in [-0.25, -0.2) is 4.79 Å². The lowest BCUT2D eigenvalue weighted by Crippen LogP contribution is -2.35. The third-order valence-electron chi connectivity index (χ3n) is 1.92. The lowest BCUT2D eigenvalue weighted by atomic mass is 10.1. The second-order valence-electron chi connectivity index (χ2n) is 3.96. The van der Waals surface area contributed by atoms with E-state index in [0.29, 0.717) is 5.82 Å².